The molecule has 1 aromatic rings. The molecule has 3 N–H and O–H groups in total. The number of carbonyl (C=O) groups excluding carboxylic acids is 2. The Kier molecular flexibility index (Phi) is 6.11. The quantitative estimate of drug-likeness (QED) is 0.740. The molecule has 0 aliphatic rings. The van der Waals surface area contributed by atoms with Crippen LogP contribution < -0.4 is 10.6 Å². The second-order valence-corrected chi connectivity index (χ2v) is 4.70. The Labute approximate surface area is 117 Å². The minimum absolute atomic E-state index is 0.0451. The first-order valence-corrected chi connectivity index (χ1v) is 6.40. The number of benzene rings is 1. The lowest BCUT2D eigenvalue weighted by Crippen LogP contribution is -2.29. The number of hydrogen-bond acceptors (Lipinski definition) is 3. The summed E-state index contributed by atoms with van der Waals surface area (Å²) in [6.45, 7) is 3.60. The highest BCUT2D eigenvalue weighted by Crippen LogP contribution is 2.15. The zero-order valence-corrected chi connectivity index (χ0v) is 11.6. The van der Waals surface area contributed by atoms with E-state index in [2.05, 4.69) is 10.6 Å². The van der Waals surface area contributed by atoms with Crippen LogP contribution in [0.5, 0.6) is 0 Å². The van der Waals surface area contributed by atoms with Crippen molar-refractivity contribution in [1.29, 1.82) is 0 Å². The molecule has 1 unspecified atom stereocenters. The molecule has 0 bridgehead atoms. The number of rotatable bonds is 6. The van der Waals surface area contributed by atoms with E-state index in [1.165, 1.54) is 19.1 Å². The number of anilines is 1. The highest BCUT2D eigenvalue weighted by Gasteiger charge is 2.13. The molecule has 0 aliphatic heterocycles. The van der Waals surface area contributed by atoms with Crippen LogP contribution in [0.25, 0.3) is 0 Å². The molecule has 0 fully saturated rings. The van der Waals surface area contributed by atoms with E-state index in [9.17, 15) is 14.0 Å². The Morgan fingerprint density at radius 1 is 1.40 bits per heavy atom. The number of halogens is 1. The van der Waals surface area contributed by atoms with Crippen LogP contribution in [-0.2, 0) is 4.79 Å². The second kappa shape index (κ2) is 7.59. The molecule has 0 saturated carbocycles. The van der Waals surface area contributed by atoms with Crippen molar-refractivity contribution < 1.29 is 19.1 Å². The predicted molar refractivity (Wildman–Crippen MR) is 73.9 cm³/mol. The maximum absolute atomic E-state index is 13.6. The maximum atomic E-state index is 13.6. The van der Waals surface area contributed by atoms with Gasteiger partial charge in [-0.15, -0.1) is 0 Å². The van der Waals surface area contributed by atoms with E-state index in [1.807, 2.05) is 6.92 Å². The van der Waals surface area contributed by atoms with Gasteiger partial charge in [-0.2, -0.15) is 0 Å². The van der Waals surface area contributed by atoms with Gasteiger partial charge in [-0.1, -0.05) is 6.92 Å². The van der Waals surface area contributed by atoms with Gasteiger partial charge in [-0.25, -0.2) is 4.39 Å². The van der Waals surface area contributed by atoms with Gasteiger partial charge in [0.25, 0.3) is 5.91 Å². The van der Waals surface area contributed by atoms with E-state index in [1.54, 1.807) is 0 Å². The average Bonchev–Trinajstić information content (AvgIpc) is 2.38. The van der Waals surface area contributed by atoms with E-state index in [4.69, 9.17) is 5.11 Å². The molecule has 1 rings (SSSR count). The molecular weight excluding hydrogens is 263 g/mol. The van der Waals surface area contributed by atoms with E-state index >= 15 is 0 Å². The monoisotopic (exact) mass is 282 g/mol. The van der Waals surface area contributed by atoms with Gasteiger partial charge in [0.2, 0.25) is 5.91 Å². The molecule has 1 aromatic carbocycles. The molecule has 20 heavy (non-hydrogen) atoms. The normalized spacial score (nSPS) is 11.8. The minimum Gasteiger partial charge on any atom is -0.396 e. The molecular formula is C14H19FN2O3. The molecule has 2 amide bonds. The summed E-state index contributed by atoms with van der Waals surface area (Å²) >= 11 is 0. The van der Waals surface area contributed by atoms with Crippen molar-refractivity contribution in [3.63, 3.8) is 0 Å². The van der Waals surface area contributed by atoms with Crippen LogP contribution in [0.15, 0.2) is 18.2 Å². The summed E-state index contributed by atoms with van der Waals surface area (Å²) in [6, 6.07) is 3.82. The fraction of sp³-hybridized carbons (Fsp3) is 0.429. The first-order valence-electron chi connectivity index (χ1n) is 6.40. The number of nitrogens with one attached hydrogen (secondary N) is 2. The van der Waals surface area contributed by atoms with Crippen LogP contribution in [0, 0.1) is 11.7 Å². The molecule has 0 aromatic heterocycles. The molecule has 6 heteroatoms. The average molecular weight is 282 g/mol. The molecule has 5 nitrogen and oxygen atoms in total. The highest BCUT2D eigenvalue weighted by molar-refractivity contribution is 5.97. The van der Waals surface area contributed by atoms with Gasteiger partial charge >= 0.3 is 0 Å². The Balaban J connectivity index is 2.73. The minimum atomic E-state index is -0.647. The maximum Gasteiger partial charge on any atom is 0.254 e. The summed E-state index contributed by atoms with van der Waals surface area (Å²) in [5.41, 5.74) is 0.250. The topological polar surface area (TPSA) is 78.4 Å². The van der Waals surface area contributed by atoms with Gasteiger partial charge in [0.1, 0.15) is 5.82 Å². The summed E-state index contributed by atoms with van der Waals surface area (Å²) in [5.74, 6) is -1.38. The summed E-state index contributed by atoms with van der Waals surface area (Å²) in [4.78, 5) is 22.8. The number of hydrogen-bond donors (Lipinski definition) is 3. The third kappa shape index (κ3) is 4.97. The molecule has 110 valence electrons. The lowest BCUT2D eigenvalue weighted by Gasteiger charge is -2.12. The summed E-state index contributed by atoms with van der Waals surface area (Å²) in [5, 5.41) is 13.9. The van der Waals surface area contributed by atoms with Crippen molar-refractivity contribution in [1.82, 2.24) is 5.32 Å². The Morgan fingerprint density at radius 2 is 2.10 bits per heavy atom. The van der Waals surface area contributed by atoms with Gasteiger partial charge in [-0.3, -0.25) is 9.59 Å². The smallest absolute Gasteiger partial charge is 0.254 e. The van der Waals surface area contributed by atoms with Crippen LogP contribution in [0.3, 0.4) is 0 Å². The largest absolute Gasteiger partial charge is 0.396 e. The molecule has 0 heterocycles. The van der Waals surface area contributed by atoms with Gasteiger partial charge < -0.3 is 15.7 Å². The van der Waals surface area contributed by atoms with E-state index in [-0.39, 0.29) is 24.0 Å². The van der Waals surface area contributed by atoms with E-state index in [0.29, 0.717) is 18.7 Å². The van der Waals surface area contributed by atoms with Crippen molar-refractivity contribution >= 4 is 17.5 Å². The molecule has 1 atom stereocenters. The third-order valence-corrected chi connectivity index (χ3v) is 2.76. The summed E-state index contributed by atoms with van der Waals surface area (Å²) in [7, 11) is 0. The molecule has 0 aliphatic carbocycles. The third-order valence-electron chi connectivity index (χ3n) is 2.76. The van der Waals surface area contributed by atoms with Gasteiger partial charge in [0.05, 0.1) is 5.56 Å². The molecule has 0 spiro atoms. The predicted octanol–water partition coefficient (Wildman–Crippen LogP) is 1.53. The van der Waals surface area contributed by atoms with Crippen LogP contribution in [0.2, 0.25) is 0 Å². The standard InChI is InChI=1S/C14H19FN2O3/c1-9(5-6-18)8-16-14(20)12-7-11(17-10(2)19)3-4-13(12)15/h3-4,7,9,18H,5-6,8H2,1-2H3,(H,16,20)(H,17,19). The van der Waals surface area contributed by atoms with Crippen molar-refractivity contribution in [2.45, 2.75) is 20.3 Å². The van der Waals surface area contributed by atoms with Gasteiger partial charge in [-0.05, 0) is 30.5 Å². The first kappa shape index (κ1) is 16.1. The lowest BCUT2D eigenvalue weighted by atomic mass is 10.1. The summed E-state index contributed by atoms with van der Waals surface area (Å²) < 4.78 is 13.6. The van der Waals surface area contributed by atoms with Crippen molar-refractivity contribution in [2.75, 3.05) is 18.5 Å². The first-order chi connectivity index (χ1) is 9.43. The zero-order valence-electron chi connectivity index (χ0n) is 11.6. The van der Waals surface area contributed by atoms with E-state index < -0.39 is 11.7 Å². The second-order valence-electron chi connectivity index (χ2n) is 4.70. The fourth-order valence-electron chi connectivity index (χ4n) is 1.66. The number of aliphatic hydroxyl groups is 1. The van der Waals surface area contributed by atoms with E-state index in [0.717, 1.165) is 6.07 Å². The number of aliphatic hydroxyl groups excluding tert-OH is 1. The lowest BCUT2D eigenvalue weighted by molar-refractivity contribution is -0.114. The van der Waals surface area contributed by atoms with Crippen molar-refractivity contribution in [2.24, 2.45) is 5.92 Å². The van der Waals surface area contributed by atoms with Crippen LogP contribution in [0.4, 0.5) is 10.1 Å². The van der Waals surface area contributed by atoms with Gasteiger partial charge in [0.15, 0.2) is 0 Å². The number of amides is 2. The highest BCUT2D eigenvalue weighted by atomic mass is 19.1. The Hall–Kier alpha value is -1.95. The summed E-state index contributed by atoms with van der Waals surface area (Å²) in [6.07, 6.45) is 0.564. The van der Waals surface area contributed by atoms with Gasteiger partial charge in [0, 0.05) is 25.8 Å². The van der Waals surface area contributed by atoms with Crippen LogP contribution in [0.1, 0.15) is 30.6 Å². The zero-order chi connectivity index (χ0) is 15.1. The SMILES string of the molecule is CC(=O)Nc1ccc(F)c(C(=O)NCC(C)CCO)c1. The van der Waals surface area contributed by atoms with Crippen molar-refractivity contribution in [3.8, 4) is 0 Å². The fourth-order valence-corrected chi connectivity index (χ4v) is 1.66. The number of carbonyl (C=O) groups is 2. The molecule has 0 radical (unpaired) electrons. The Bertz CT molecular complexity index is 491. The Morgan fingerprint density at radius 3 is 2.70 bits per heavy atom. The van der Waals surface area contributed by atoms with Crippen LogP contribution in [-0.4, -0.2) is 30.1 Å². The van der Waals surface area contributed by atoms with Crippen LogP contribution >= 0.6 is 0 Å². The van der Waals surface area contributed by atoms with Crippen molar-refractivity contribution in [3.05, 3.63) is 29.6 Å². The molecule has 0 saturated heterocycles.